The van der Waals surface area contributed by atoms with Crippen LogP contribution in [0.25, 0.3) is 16.8 Å². The average Bonchev–Trinajstić information content (AvgIpc) is 2.94. The van der Waals surface area contributed by atoms with E-state index in [1.54, 1.807) is 6.20 Å². The second-order valence-corrected chi connectivity index (χ2v) is 4.90. The third-order valence-corrected chi connectivity index (χ3v) is 3.30. The summed E-state index contributed by atoms with van der Waals surface area (Å²) in [5.74, 6) is 0.874. The maximum atomic E-state index is 5.64. The van der Waals surface area contributed by atoms with Crippen LogP contribution in [0.3, 0.4) is 0 Å². The molecule has 0 bridgehead atoms. The molecule has 0 atom stereocenters. The Labute approximate surface area is 142 Å². The van der Waals surface area contributed by atoms with Crippen LogP contribution in [0, 0.1) is 0 Å². The van der Waals surface area contributed by atoms with E-state index < -0.39 is 0 Å². The molecule has 0 fully saturated rings. The van der Waals surface area contributed by atoms with Gasteiger partial charge < -0.3 is 10.6 Å². The molecule has 0 unspecified atom stereocenters. The van der Waals surface area contributed by atoms with Crippen molar-refractivity contribution in [1.82, 2.24) is 14.6 Å². The molecule has 2 N–H and O–H groups in total. The number of halogens is 2. The van der Waals surface area contributed by atoms with E-state index in [4.69, 9.17) is 10.7 Å². The lowest BCUT2D eigenvalue weighted by molar-refractivity contribution is 0.928. The van der Waals surface area contributed by atoms with Gasteiger partial charge in [0.25, 0.3) is 0 Å². The number of nitrogens with two attached hydrogens (primary N) is 1. The highest BCUT2D eigenvalue weighted by molar-refractivity contribution is 5.85. The molecule has 3 aromatic rings. The summed E-state index contributed by atoms with van der Waals surface area (Å²) in [5, 5.41) is 4.31. The van der Waals surface area contributed by atoms with Crippen LogP contribution in [-0.2, 0) is 6.54 Å². The van der Waals surface area contributed by atoms with Crippen molar-refractivity contribution in [1.29, 1.82) is 0 Å². The first kappa shape index (κ1) is 18.2. The van der Waals surface area contributed by atoms with Crippen molar-refractivity contribution in [2.24, 2.45) is 5.73 Å². The summed E-state index contributed by atoms with van der Waals surface area (Å²) >= 11 is 0. The standard InChI is InChI=1S/C15H17N5.2ClH/c1-19(2)14-10-20-13(7-8-17-20)15(18-14)12-5-3-11(9-16)4-6-12;;/h3-8,10H,9,16H2,1-2H3;2*1H. The highest BCUT2D eigenvalue weighted by Gasteiger charge is 2.10. The van der Waals surface area contributed by atoms with Crippen LogP contribution >= 0.6 is 24.8 Å². The maximum absolute atomic E-state index is 5.64. The molecule has 0 aliphatic heterocycles. The quantitative estimate of drug-likeness (QED) is 0.797. The SMILES string of the molecule is CN(C)c1cn2nccc2c(-c2ccc(CN)cc2)n1.Cl.Cl. The largest absolute Gasteiger partial charge is 0.361 e. The summed E-state index contributed by atoms with van der Waals surface area (Å²) in [4.78, 5) is 6.70. The first-order chi connectivity index (χ1) is 9.69. The third kappa shape index (κ3) is 3.32. The molecular weight excluding hydrogens is 321 g/mol. The second kappa shape index (κ2) is 7.45. The van der Waals surface area contributed by atoms with Gasteiger partial charge >= 0.3 is 0 Å². The van der Waals surface area contributed by atoms with Gasteiger partial charge in [0.2, 0.25) is 0 Å². The van der Waals surface area contributed by atoms with Crippen molar-refractivity contribution < 1.29 is 0 Å². The van der Waals surface area contributed by atoms with Crippen LogP contribution < -0.4 is 10.6 Å². The van der Waals surface area contributed by atoms with Crippen LogP contribution in [0.5, 0.6) is 0 Å². The molecule has 118 valence electrons. The summed E-state index contributed by atoms with van der Waals surface area (Å²) in [6.45, 7) is 0.549. The Kier molecular flexibility index (Phi) is 6.17. The molecule has 22 heavy (non-hydrogen) atoms. The van der Waals surface area contributed by atoms with Gasteiger partial charge in [-0.2, -0.15) is 5.10 Å². The Hall–Kier alpha value is -1.82. The summed E-state index contributed by atoms with van der Waals surface area (Å²) in [5.41, 5.74) is 9.74. The molecule has 1 aromatic carbocycles. The van der Waals surface area contributed by atoms with Crippen LogP contribution in [0.4, 0.5) is 5.82 Å². The van der Waals surface area contributed by atoms with Gasteiger partial charge in [0, 0.05) is 26.2 Å². The lowest BCUT2D eigenvalue weighted by Crippen LogP contribution is -2.12. The van der Waals surface area contributed by atoms with E-state index in [1.807, 2.05) is 47.9 Å². The minimum Gasteiger partial charge on any atom is -0.361 e. The normalized spacial score (nSPS) is 9.95. The van der Waals surface area contributed by atoms with Crippen LogP contribution in [0.1, 0.15) is 5.56 Å². The molecule has 0 saturated carbocycles. The van der Waals surface area contributed by atoms with Crippen molar-refractivity contribution in [3.63, 3.8) is 0 Å². The summed E-state index contributed by atoms with van der Waals surface area (Å²) < 4.78 is 1.86. The van der Waals surface area contributed by atoms with Gasteiger partial charge in [0.15, 0.2) is 0 Å². The molecule has 0 spiro atoms. The third-order valence-electron chi connectivity index (χ3n) is 3.30. The van der Waals surface area contributed by atoms with E-state index in [9.17, 15) is 0 Å². The van der Waals surface area contributed by atoms with Crippen molar-refractivity contribution in [2.45, 2.75) is 6.54 Å². The maximum Gasteiger partial charge on any atom is 0.147 e. The number of nitrogens with zero attached hydrogens (tertiary/aromatic N) is 4. The predicted molar refractivity (Wildman–Crippen MR) is 95.1 cm³/mol. The number of rotatable bonds is 3. The van der Waals surface area contributed by atoms with Crippen molar-refractivity contribution >= 4 is 36.1 Å². The number of hydrogen-bond acceptors (Lipinski definition) is 4. The molecule has 2 aromatic heterocycles. The average molecular weight is 340 g/mol. The number of anilines is 1. The van der Waals surface area contributed by atoms with Gasteiger partial charge in [-0.1, -0.05) is 24.3 Å². The van der Waals surface area contributed by atoms with Gasteiger partial charge in [-0.15, -0.1) is 24.8 Å². The minimum atomic E-state index is 0. The Morgan fingerprint density at radius 1 is 1.09 bits per heavy atom. The van der Waals surface area contributed by atoms with Gasteiger partial charge in [0.05, 0.1) is 23.6 Å². The smallest absolute Gasteiger partial charge is 0.147 e. The molecule has 0 amide bonds. The predicted octanol–water partition coefficient (Wildman–Crippen LogP) is 2.76. The summed E-state index contributed by atoms with van der Waals surface area (Å²) in [6.07, 6.45) is 3.71. The fourth-order valence-electron chi connectivity index (χ4n) is 2.14. The van der Waals surface area contributed by atoms with Gasteiger partial charge in [-0.05, 0) is 11.6 Å². The zero-order chi connectivity index (χ0) is 14.1. The van der Waals surface area contributed by atoms with Crippen molar-refractivity contribution in [2.75, 3.05) is 19.0 Å². The molecule has 0 aliphatic carbocycles. The minimum absolute atomic E-state index is 0. The molecule has 7 heteroatoms. The number of fused-ring (bicyclic) bond motifs is 1. The Bertz CT molecular complexity index is 737. The summed E-state index contributed by atoms with van der Waals surface area (Å²) in [6, 6.07) is 10.1. The van der Waals surface area contributed by atoms with E-state index in [0.29, 0.717) is 6.54 Å². The molecule has 0 aliphatic rings. The zero-order valence-electron chi connectivity index (χ0n) is 12.4. The molecule has 2 heterocycles. The zero-order valence-corrected chi connectivity index (χ0v) is 14.1. The first-order valence-corrected chi connectivity index (χ1v) is 6.50. The Morgan fingerprint density at radius 3 is 2.36 bits per heavy atom. The van der Waals surface area contributed by atoms with Gasteiger partial charge in [-0.25, -0.2) is 9.50 Å². The van der Waals surface area contributed by atoms with E-state index in [1.165, 1.54) is 0 Å². The van der Waals surface area contributed by atoms with Gasteiger partial charge in [-0.3, -0.25) is 0 Å². The topological polar surface area (TPSA) is 59.5 Å². The van der Waals surface area contributed by atoms with Crippen LogP contribution in [0.15, 0.2) is 42.7 Å². The van der Waals surface area contributed by atoms with Crippen molar-refractivity contribution in [3.8, 4) is 11.3 Å². The lowest BCUT2D eigenvalue weighted by atomic mass is 10.1. The highest BCUT2D eigenvalue weighted by Crippen LogP contribution is 2.25. The van der Waals surface area contributed by atoms with E-state index in [0.717, 1.165) is 28.2 Å². The van der Waals surface area contributed by atoms with E-state index in [2.05, 4.69) is 17.2 Å². The van der Waals surface area contributed by atoms with Crippen LogP contribution in [0.2, 0.25) is 0 Å². The first-order valence-electron chi connectivity index (χ1n) is 6.50. The Morgan fingerprint density at radius 2 is 1.77 bits per heavy atom. The molecule has 5 nitrogen and oxygen atoms in total. The number of benzene rings is 1. The monoisotopic (exact) mass is 339 g/mol. The Balaban J connectivity index is 0.00000121. The molecular formula is C15H19Cl2N5. The molecule has 3 rings (SSSR count). The summed E-state index contributed by atoms with van der Waals surface area (Å²) in [7, 11) is 3.94. The fourth-order valence-corrected chi connectivity index (χ4v) is 2.14. The molecule has 0 saturated heterocycles. The van der Waals surface area contributed by atoms with E-state index >= 15 is 0 Å². The van der Waals surface area contributed by atoms with E-state index in [-0.39, 0.29) is 24.8 Å². The van der Waals surface area contributed by atoms with Crippen molar-refractivity contribution in [3.05, 3.63) is 48.3 Å². The number of aromatic nitrogens is 3. The molecule has 0 radical (unpaired) electrons. The van der Waals surface area contributed by atoms with Crippen LogP contribution in [-0.4, -0.2) is 28.7 Å². The second-order valence-electron chi connectivity index (χ2n) is 4.90. The van der Waals surface area contributed by atoms with Gasteiger partial charge in [0.1, 0.15) is 5.82 Å². The highest BCUT2D eigenvalue weighted by atomic mass is 35.5. The fraction of sp³-hybridized carbons (Fsp3) is 0.200. The number of hydrogen-bond donors (Lipinski definition) is 1. The lowest BCUT2D eigenvalue weighted by Gasteiger charge is -2.14.